The molecular formula is C20H18BCl2FN4O3. The van der Waals surface area contributed by atoms with E-state index in [1.54, 1.807) is 36.3 Å². The number of nitrogens with two attached hydrogens (primary N) is 1. The monoisotopic (exact) mass is 462 g/mol. The second-order valence-corrected chi connectivity index (χ2v) is 8.13. The summed E-state index contributed by atoms with van der Waals surface area (Å²) in [6.07, 6.45) is 4.55. The molecule has 3 unspecified atom stereocenters. The van der Waals surface area contributed by atoms with E-state index in [9.17, 15) is 9.50 Å². The van der Waals surface area contributed by atoms with E-state index in [1.165, 1.54) is 12.1 Å². The largest absolute Gasteiger partial charge is 0.482 e. The van der Waals surface area contributed by atoms with Crippen molar-refractivity contribution in [3.05, 3.63) is 58.2 Å². The molecule has 3 heterocycles. The molecule has 7 nitrogen and oxygen atoms in total. The zero-order valence-electron chi connectivity index (χ0n) is 16.4. The number of nitrogen functional groups attached to an aromatic ring is 1. The molecular weight excluding hydrogens is 445 g/mol. The van der Waals surface area contributed by atoms with Crippen LogP contribution >= 0.6 is 23.2 Å². The number of hydrogen-bond acceptors (Lipinski definition) is 6. The second kappa shape index (κ2) is 8.31. The fourth-order valence-electron chi connectivity index (χ4n) is 3.42. The van der Waals surface area contributed by atoms with E-state index >= 15 is 0 Å². The van der Waals surface area contributed by atoms with Crippen molar-refractivity contribution in [2.45, 2.75) is 31.2 Å². The topological polar surface area (TPSA) is 95.4 Å². The van der Waals surface area contributed by atoms with Gasteiger partial charge in [0, 0.05) is 40.5 Å². The minimum absolute atomic E-state index is 0.109. The van der Waals surface area contributed by atoms with Gasteiger partial charge in [-0.1, -0.05) is 23.2 Å². The van der Waals surface area contributed by atoms with Gasteiger partial charge in [0.1, 0.15) is 17.6 Å². The molecule has 0 amide bonds. The number of rotatable bonds is 5. The lowest BCUT2D eigenvalue weighted by Crippen LogP contribution is -2.27. The highest BCUT2D eigenvalue weighted by Gasteiger charge is 2.34. The van der Waals surface area contributed by atoms with E-state index in [0.29, 0.717) is 11.1 Å². The smallest absolute Gasteiger partial charge is 0.166 e. The SMILES string of the molecule is [B]C1(O)CC(n2cc(-c3cnc(N)c(OC(C)c4c(Cl)ccc(F)c4Cl)c3)cn2)CO1. The lowest BCUT2D eigenvalue weighted by molar-refractivity contribution is -0.100. The van der Waals surface area contributed by atoms with Crippen molar-refractivity contribution in [2.24, 2.45) is 0 Å². The Balaban J connectivity index is 1.58. The summed E-state index contributed by atoms with van der Waals surface area (Å²) in [5, 5.41) is 14.3. The van der Waals surface area contributed by atoms with Crippen molar-refractivity contribution >= 4 is 36.9 Å². The first-order valence-corrected chi connectivity index (χ1v) is 10.2. The zero-order valence-corrected chi connectivity index (χ0v) is 17.9. The summed E-state index contributed by atoms with van der Waals surface area (Å²) < 4.78 is 26.6. The molecule has 0 saturated carbocycles. The third-order valence-corrected chi connectivity index (χ3v) is 5.75. The van der Waals surface area contributed by atoms with Gasteiger partial charge >= 0.3 is 0 Å². The fourth-order valence-corrected chi connectivity index (χ4v) is 4.10. The van der Waals surface area contributed by atoms with Gasteiger partial charge in [-0.15, -0.1) is 0 Å². The number of nitrogens with zero attached hydrogens (tertiary/aromatic N) is 3. The Labute approximate surface area is 189 Å². The van der Waals surface area contributed by atoms with Crippen LogP contribution in [0.3, 0.4) is 0 Å². The van der Waals surface area contributed by atoms with Gasteiger partial charge in [-0.05, 0) is 25.1 Å². The third kappa shape index (κ3) is 4.50. The molecule has 160 valence electrons. The summed E-state index contributed by atoms with van der Waals surface area (Å²) in [6, 6.07) is 4.11. The molecule has 2 aromatic heterocycles. The van der Waals surface area contributed by atoms with Crippen molar-refractivity contribution in [3.63, 3.8) is 0 Å². The molecule has 1 saturated heterocycles. The van der Waals surface area contributed by atoms with Crippen LogP contribution in [-0.4, -0.2) is 40.0 Å². The van der Waals surface area contributed by atoms with Crippen LogP contribution in [-0.2, 0) is 4.74 Å². The average molecular weight is 463 g/mol. The molecule has 0 spiro atoms. The fraction of sp³-hybridized carbons (Fsp3) is 0.300. The third-order valence-electron chi connectivity index (χ3n) is 5.03. The van der Waals surface area contributed by atoms with Crippen LogP contribution in [0.4, 0.5) is 10.2 Å². The first-order valence-electron chi connectivity index (χ1n) is 9.40. The highest BCUT2D eigenvalue weighted by atomic mass is 35.5. The number of benzene rings is 1. The van der Waals surface area contributed by atoms with Gasteiger partial charge in [-0.3, -0.25) is 4.68 Å². The van der Waals surface area contributed by atoms with Crippen LogP contribution in [0.1, 0.15) is 31.1 Å². The molecule has 4 rings (SSSR count). The summed E-state index contributed by atoms with van der Waals surface area (Å²) in [5.74, 6) is -0.150. The summed E-state index contributed by atoms with van der Waals surface area (Å²) in [4.78, 5) is 4.19. The predicted octanol–water partition coefficient (Wildman–Crippen LogP) is 3.89. The van der Waals surface area contributed by atoms with E-state index in [0.717, 1.165) is 5.56 Å². The van der Waals surface area contributed by atoms with E-state index in [4.69, 9.17) is 46.3 Å². The number of halogens is 3. The van der Waals surface area contributed by atoms with Crippen molar-refractivity contribution in [2.75, 3.05) is 12.3 Å². The molecule has 0 aliphatic carbocycles. The number of hydrogen-bond donors (Lipinski definition) is 2. The van der Waals surface area contributed by atoms with Gasteiger partial charge in [0.15, 0.2) is 19.4 Å². The quantitative estimate of drug-likeness (QED) is 0.441. The predicted molar refractivity (Wildman–Crippen MR) is 116 cm³/mol. The molecule has 1 aromatic carbocycles. The number of pyridine rings is 1. The highest BCUT2D eigenvalue weighted by Crippen LogP contribution is 2.37. The maximum Gasteiger partial charge on any atom is 0.166 e. The molecule has 0 bridgehead atoms. The van der Waals surface area contributed by atoms with Crippen LogP contribution in [0.2, 0.25) is 10.0 Å². The van der Waals surface area contributed by atoms with Crippen molar-refractivity contribution < 1.29 is 19.0 Å². The number of ether oxygens (including phenoxy) is 2. The van der Waals surface area contributed by atoms with Gasteiger partial charge in [0.05, 0.1) is 23.9 Å². The Bertz CT molecular complexity index is 1130. The van der Waals surface area contributed by atoms with Gasteiger partial charge in [-0.2, -0.15) is 5.10 Å². The molecule has 31 heavy (non-hydrogen) atoms. The van der Waals surface area contributed by atoms with Gasteiger partial charge in [-0.25, -0.2) is 9.37 Å². The van der Waals surface area contributed by atoms with Crippen LogP contribution in [0.5, 0.6) is 5.75 Å². The summed E-state index contributed by atoms with van der Waals surface area (Å²) in [6.45, 7) is 1.93. The molecule has 11 heteroatoms. The molecule has 1 aliphatic rings. The lowest BCUT2D eigenvalue weighted by atomic mass is 9.91. The molecule has 3 atom stereocenters. The van der Waals surface area contributed by atoms with E-state index in [-0.39, 0.29) is 40.7 Å². The molecule has 1 fully saturated rings. The van der Waals surface area contributed by atoms with Gasteiger partial charge in [0.25, 0.3) is 0 Å². The molecule has 2 radical (unpaired) electrons. The standard InChI is InChI=1S/C20H18BCl2FN4O3/c1-10(17-14(22)2-3-15(24)18(17)23)31-16-4-11(6-26-19(16)25)12-7-27-28(8-12)13-5-20(21,29)30-9-13/h2-4,6-8,10,13,29H,5,9H2,1H3,(H2,25,26). The Morgan fingerprint density at radius 1 is 1.39 bits per heavy atom. The maximum atomic E-state index is 13.9. The molecule has 3 N–H and O–H groups in total. The summed E-state index contributed by atoms with van der Waals surface area (Å²) in [5.41, 5.74) is 6.08. The normalized spacial score (nSPS) is 21.9. The average Bonchev–Trinajstić information content (AvgIpc) is 3.33. The minimum atomic E-state index is -1.66. The lowest BCUT2D eigenvalue weighted by Gasteiger charge is -2.19. The zero-order chi connectivity index (χ0) is 22.3. The first-order chi connectivity index (χ1) is 14.6. The molecule has 1 aliphatic heterocycles. The Morgan fingerprint density at radius 3 is 2.87 bits per heavy atom. The van der Waals surface area contributed by atoms with Crippen molar-refractivity contribution in [3.8, 4) is 16.9 Å². The van der Waals surface area contributed by atoms with E-state index < -0.39 is 17.6 Å². The minimum Gasteiger partial charge on any atom is -0.482 e. The van der Waals surface area contributed by atoms with Gasteiger partial charge < -0.3 is 20.3 Å². The number of anilines is 1. The number of aliphatic hydroxyl groups is 1. The summed E-state index contributed by atoms with van der Waals surface area (Å²) in [7, 11) is 5.59. The van der Waals surface area contributed by atoms with Crippen LogP contribution in [0.25, 0.3) is 11.1 Å². The first kappa shape index (κ1) is 21.9. The maximum absolute atomic E-state index is 13.9. The van der Waals surface area contributed by atoms with Gasteiger partial charge in [0.2, 0.25) is 0 Å². The Hall–Kier alpha value is -2.33. The Kier molecular flexibility index (Phi) is 5.87. The second-order valence-electron chi connectivity index (χ2n) is 7.35. The van der Waals surface area contributed by atoms with Crippen molar-refractivity contribution in [1.29, 1.82) is 0 Å². The van der Waals surface area contributed by atoms with Crippen LogP contribution < -0.4 is 10.5 Å². The Morgan fingerprint density at radius 2 is 2.16 bits per heavy atom. The highest BCUT2D eigenvalue weighted by molar-refractivity contribution is 6.36. The van der Waals surface area contributed by atoms with E-state index in [1.807, 2.05) is 0 Å². The number of aromatic nitrogens is 3. The van der Waals surface area contributed by atoms with Crippen molar-refractivity contribution in [1.82, 2.24) is 14.8 Å². The molecule has 3 aromatic rings. The summed E-state index contributed by atoms with van der Waals surface area (Å²) >= 11 is 12.3. The van der Waals surface area contributed by atoms with Crippen LogP contribution in [0, 0.1) is 5.82 Å². The van der Waals surface area contributed by atoms with Crippen LogP contribution in [0.15, 0.2) is 36.8 Å². The van der Waals surface area contributed by atoms with E-state index in [2.05, 4.69) is 10.1 Å².